The topological polar surface area (TPSA) is 104 Å². The highest BCUT2D eigenvalue weighted by Gasteiger charge is 2.33. The van der Waals surface area contributed by atoms with E-state index in [4.69, 9.17) is 4.78 Å². The minimum Gasteiger partial charge on any atom is -0.382 e. The molecule has 0 radical (unpaired) electrons. The van der Waals surface area contributed by atoms with Gasteiger partial charge in [0, 0.05) is 62.3 Å². The van der Waals surface area contributed by atoms with Crippen LogP contribution in [0.5, 0.6) is 0 Å². The second kappa shape index (κ2) is 12.7. The fourth-order valence-electron chi connectivity index (χ4n) is 6.83. The molecule has 11 heteroatoms. The molecule has 1 amide bonds. The molecule has 45 heavy (non-hydrogen) atoms. The Labute approximate surface area is 264 Å². The van der Waals surface area contributed by atoms with Crippen LogP contribution in [0, 0.1) is 48.5 Å². The number of aryl methyl sites for hydroxylation is 2. The Morgan fingerprint density at radius 2 is 1.71 bits per heavy atom. The van der Waals surface area contributed by atoms with Gasteiger partial charge in [0.2, 0.25) is 0 Å². The molecule has 2 fully saturated rings. The van der Waals surface area contributed by atoms with E-state index in [9.17, 15) is 23.0 Å². The van der Waals surface area contributed by atoms with Crippen molar-refractivity contribution in [2.45, 2.75) is 57.5 Å². The maximum atomic E-state index is 14.7. The van der Waals surface area contributed by atoms with Gasteiger partial charge in [-0.25, -0.2) is 17.8 Å². The molecule has 2 heterocycles. The maximum Gasteiger partial charge on any atom is 0.254 e. The van der Waals surface area contributed by atoms with Crippen LogP contribution in [0.25, 0.3) is 0 Å². The van der Waals surface area contributed by atoms with E-state index in [1.54, 1.807) is 18.2 Å². The van der Waals surface area contributed by atoms with Crippen LogP contribution in [0.2, 0.25) is 0 Å². The lowest BCUT2D eigenvalue weighted by Crippen LogP contribution is -2.54. The summed E-state index contributed by atoms with van der Waals surface area (Å²) in [5.74, 6) is -1.13. The van der Waals surface area contributed by atoms with Crippen molar-refractivity contribution in [3.05, 3.63) is 81.9 Å². The van der Waals surface area contributed by atoms with E-state index >= 15 is 0 Å². The number of nitrogens with zero attached hydrogens (tertiary/aromatic N) is 4. The van der Waals surface area contributed by atoms with E-state index in [0.717, 1.165) is 54.0 Å². The number of rotatable bonds is 6. The molecule has 2 N–H and O–H groups in total. The molecule has 2 saturated heterocycles. The smallest absolute Gasteiger partial charge is 0.254 e. The lowest BCUT2D eigenvalue weighted by atomic mass is 9.94. The molecule has 2 aliphatic heterocycles. The number of nitriles is 1. The molecule has 3 aromatic rings. The highest BCUT2D eigenvalue weighted by atomic mass is 32.2. The number of nitrogens with one attached hydrogen (secondary N) is 2. The van der Waals surface area contributed by atoms with Gasteiger partial charge >= 0.3 is 0 Å². The van der Waals surface area contributed by atoms with E-state index in [1.165, 1.54) is 24.5 Å². The van der Waals surface area contributed by atoms with Gasteiger partial charge in [0.25, 0.3) is 5.91 Å². The van der Waals surface area contributed by atoms with Crippen LogP contribution >= 0.6 is 0 Å². The van der Waals surface area contributed by atoms with Crippen LogP contribution in [0.3, 0.4) is 0 Å². The summed E-state index contributed by atoms with van der Waals surface area (Å²) >= 11 is 0. The van der Waals surface area contributed by atoms with Gasteiger partial charge in [-0.05, 0) is 87.6 Å². The quantitative estimate of drug-likeness (QED) is 0.333. The highest BCUT2D eigenvalue weighted by molar-refractivity contribution is 7.91. The molecule has 0 unspecified atom stereocenters. The average Bonchev–Trinajstić information content (AvgIpc) is 2.98. The van der Waals surface area contributed by atoms with Crippen molar-refractivity contribution >= 4 is 32.7 Å². The zero-order chi connectivity index (χ0) is 32.6. The van der Waals surface area contributed by atoms with Gasteiger partial charge in [-0.2, -0.15) is 5.26 Å². The second-order valence-electron chi connectivity index (χ2n) is 12.3. The molecule has 2 atom stereocenters. The first kappa shape index (κ1) is 32.2. The maximum absolute atomic E-state index is 14.7. The lowest BCUT2D eigenvalue weighted by Gasteiger charge is -2.42. The van der Waals surface area contributed by atoms with Crippen molar-refractivity contribution in [3.8, 4) is 6.07 Å². The number of hydrogen-bond acceptors (Lipinski definition) is 7. The summed E-state index contributed by atoms with van der Waals surface area (Å²) in [6, 6.07) is 12.9. The Kier molecular flexibility index (Phi) is 9.08. The van der Waals surface area contributed by atoms with Crippen molar-refractivity contribution in [3.63, 3.8) is 0 Å². The summed E-state index contributed by atoms with van der Waals surface area (Å²) in [5, 5.41) is 13.2. The predicted molar refractivity (Wildman–Crippen MR) is 175 cm³/mol. The van der Waals surface area contributed by atoms with Crippen LogP contribution in [0.1, 0.15) is 52.4 Å². The van der Waals surface area contributed by atoms with Crippen LogP contribution < -0.4 is 15.1 Å². The third-order valence-electron chi connectivity index (χ3n) is 9.01. The molecule has 0 aliphatic carbocycles. The summed E-state index contributed by atoms with van der Waals surface area (Å²) in [5.41, 5.74) is 6.00. The van der Waals surface area contributed by atoms with E-state index in [-0.39, 0.29) is 22.9 Å². The number of benzene rings is 3. The number of carbonyl (C=O) groups is 1. The number of carbonyl (C=O) groups excluding carboxylic acids is 1. The standard InChI is InChI=1S/C34H40F2N6O2S/c1-21-17-22(2)32(39-27-11-13-40(14-12-27)29-10-9-26(35)18-25(29)19-37)24(4)31(21)34(43)42-16-15-41(20-23(42)3)30-8-6-7-28(36)33(30)45(5,38)44/h6-10,17-18,23,27,38-39H,11-16,20H2,1-5H3/t23-,45-/m0/s1. The molecular weight excluding hydrogens is 594 g/mol. The van der Waals surface area contributed by atoms with Crippen LogP contribution in [0.4, 0.5) is 25.8 Å². The first-order valence-corrected chi connectivity index (χ1v) is 17.2. The average molecular weight is 635 g/mol. The Morgan fingerprint density at radius 3 is 2.36 bits per heavy atom. The predicted octanol–water partition coefficient (Wildman–Crippen LogP) is 6.23. The normalized spacial score (nSPS) is 18.8. The molecule has 5 rings (SSSR count). The number of halogens is 2. The molecule has 2 aliphatic rings. The minimum absolute atomic E-state index is 0.0605. The fraction of sp³-hybridized carbons (Fsp3) is 0.412. The molecule has 0 spiro atoms. The van der Waals surface area contributed by atoms with Crippen molar-refractivity contribution in [2.24, 2.45) is 0 Å². The van der Waals surface area contributed by atoms with Crippen LogP contribution in [-0.4, -0.2) is 66.1 Å². The van der Waals surface area contributed by atoms with Gasteiger partial charge < -0.3 is 20.0 Å². The minimum atomic E-state index is -3.29. The van der Waals surface area contributed by atoms with Gasteiger partial charge in [0.1, 0.15) is 22.6 Å². The Bertz CT molecular complexity index is 1780. The molecule has 238 valence electrons. The molecule has 8 nitrogen and oxygen atoms in total. The van der Waals surface area contributed by atoms with Gasteiger partial charge in [0.15, 0.2) is 0 Å². The monoisotopic (exact) mass is 634 g/mol. The number of piperidine rings is 1. The van der Waals surface area contributed by atoms with E-state index in [0.29, 0.717) is 36.4 Å². The SMILES string of the molecule is Cc1cc(C)c(C(=O)N2CCN(c3cccc(F)c3[S@@](C)(=N)=O)C[C@@H]2C)c(C)c1NC1CCN(c2ccc(F)cc2C#N)CC1. The summed E-state index contributed by atoms with van der Waals surface area (Å²) in [4.78, 5) is 19.9. The Balaban J connectivity index is 1.31. The van der Waals surface area contributed by atoms with Crippen LogP contribution in [0.15, 0.2) is 47.4 Å². The molecular formula is C34H40F2N6O2S. The van der Waals surface area contributed by atoms with E-state index in [2.05, 4.69) is 16.3 Å². The van der Waals surface area contributed by atoms with Gasteiger partial charge in [-0.1, -0.05) is 12.1 Å². The van der Waals surface area contributed by atoms with Crippen molar-refractivity contribution < 1.29 is 17.8 Å². The molecule has 0 bridgehead atoms. The number of hydrogen-bond donors (Lipinski definition) is 2. The first-order chi connectivity index (χ1) is 21.3. The zero-order valence-electron chi connectivity index (χ0n) is 26.4. The Morgan fingerprint density at radius 1 is 1.00 bits per heavy atom. The van der Waals surface area contributed by atoms with Crippen molar-refractivity contribution in [1.82, 2.24) is 4.90 Å². The molecule has 3 aromatic carbocycles. The van der Waals surface area contributed by atoms with Crippen molar-refractivity contribution in [2.75, 3.05) is 54.1 Å². The van der Waals surface area contributed by atoms with Crippen molar-refractivity contribution in [1.29, 1.82) is 10.0 Å². The van der Waals surface area contributed by atoms with E-state index < -0.39 is 21.4 Å². The Hall–Kier alpha value is -4.17. The largest absolute Gasteiger partial charge is 0.382 e. The summed E-state index contributed by atoms with van der Waals surface area (Å²) < 4.78 is 49.0. The number of anilines is 3. The van der Waals surface area contributed by atoms with E-state index in [1.807, 2.05) is 43.6 Å². The zero-order valence-corrected chi connectivity index (χ0v) is 27.2. The van der Waals surface area contributed by atoms with Gasteiger partial charge in [-0.15, -0.1) is 0 Å². The number of amides is 1. The summed E-state index contributed by atoms with van der Waals surface area (Å²) in [7, 11) is -3.29. The third kappa shape index (κ3) is 6.47. The van der Waals surface area contributed by atoms with Gasteiger partial charge in [0.05, 0.1) is 26.7 Å². The molecule has 0 aromatic heterocycles. The third-order valence-corrected chi connectivity index (χ3v) is 10.2. The first-order valence-electron chi connectivity index (χ1n) is 15.2. The highest BCUT2D eigenvalue weighted by Crippen LogP contribution is 2.34. The number of piperazine rings is 1. The molecule has 0 saturated carbocycles. The lowest BCUT2D eigenvalue weighted by molar-refractivity contribution is 0.0672. The fourth-order valence-corrected chi connectivity index (χ4v) is 7.87. The second-order valence-corrected chi connectivity index (χ2v) is 14.4. The van der Waals surface area contributed by atoms with Crippen LogP contribution in [-0.2, 0) is 9.73 Å². The summed E-state index contributed by atoms with van der Waals surface area (Å²) in [6.45, 7) is 10.6. The van der Waals surface area contributed by atoms with Gasteiger partial charge in [-0.3, -0.25) is 4.79 Å². The summed E-state index contributed by atoms with van der Waals surface area (Å²) in [6.07, 6.45) is 2.87.